The van der Waals surface area contributed by atoms with E-state index in [4.69, 9.17) is 16.3 Å². The smallest absolute Gasteiger partial charge is 0.261 e. The van der Waals surface area contributed by atoms with Crippen molar-refractivity contribution in [1.82, 2.24) is 24.9 Å². The van der Waals surface area contributed by atoms with E-state index >= 15 is 0 Å². The minimum absolute atomic E-state index is 0.119. The summed E-state index contributed by atoms with van der Waals surface area (Å²) in [6.07, 6.45) is 4.29. The minimum atomic E-state index is -0.218. The average Bonchev–Trinajstić information content (AvgIpc) is 3.50. The van der Waals surface area contributed by atoms with Crippen LogP contribution in [0.25, 0.3) is 11.4 Å². The van der Waals surface area contributed by atoms with Crippen LogP contribution in [0.3, 0.4) is 0 Å². The van der Waals surface area contributed by atoms with Crippen molar-refractivity contribution < 1.29 is 9.53 Å². The van der Waals surface area contributed by atoms with Crippen LogP contribution in [0.5, 0.6) is 0 Å². The van der Waals surface area contributed by atoms with Gasteiger partial charge in [0.1, 0.15) is 5.69 Å². The number of carbonyl (C=O) groups is 1. The first-order valence-corrected chi connectivity index (χ1v) is 11.7. The number of carbonyl (C=O) groups excluding carboxylic acids is 1. The summed E-state index contributed by atoms with van der Waals surface area (Å²) in [5.74, 6) is -0.218. The second-order valence-electron chi connectivity index (χ2n) is 7.32. The van der Waals surface area contributed by atoms with Crippen molar-refractivity contribution in [2.24, 2.45) is 0 Å². The number of nitrogens with zero attached hydrogens (tertiary/aromatic N) is 4. The quantitative estimate of drug-likeness (QED) is 0.324. The van der Waals surface area contributed by atoms with Crippen LogP contribution in [0.15, 0.2) is 65.7 Å². The fourth-order valence-electron chi connectivity index (χ4n) is 3.29. The van der Waals surface area contributed by atoms with Gasteiger partial charge in [0, 0.05) is 32.5 Å². The summed E-state index contributed by atoms with van der Waals surface area (Å²) in [6.45, 7) is 1.53. The highest BCUT2D eigenvalue weighted by Gasteiger charge is 2.13. The van der Waals surface area contributed by atoms with E-state index in [1.165, 1.54) is 17.4 Å². The molecule has 1 amide bonds. The SMILES string of the molecule is COCCCNc1cc(-n2ccccc2=O)ccc1-n1cc(CNC(=O)c2ccc(Cl)s2)nn1. The molecule has 0 fully saturated rings. The molecule has 11 heteroatoms. The second kappa shape index (κ2) is 11.1. The third-order valence-corrected chi connectivity index (χ3v) is 6.17. The van der Waals surface area contributed by atoms with Crippen molar-refractivity contribution in [3.05, 3.63) is 86.2 Å². The van der Waals surface area contributed by atoms with Crippen molar-refractivity contribution in [3.8, 4) is 11.4 Å². The minimum Gasteiger partial charge on any atom is -0.385 e. The van der Waals surface area contributed by atoms with E-state index in [0.29, 0.717) is 28.1 Å². The van der Waals surface area contributed by atoms with Gasteiger partial charge in [0.2, 0.25) is 0 Å². The number of nitrogens with one attached hydrogen (secondary N) is 2. The number of methoxy groups -OCH3 is 1. The molecule has 0 unspecified atom stereocenters. The summed E-state index contributed by atoms with van der Waals surface area (Å²) in [5.41, 5.74) is 2.76. The Labute approximate surface area is 204 Å². The van der Waals surface area contributed by atoms with E-state index in [0.717, 1.165) is 23.5 Å². The molecule has 0 aliphatic carbocycles. The predicted octanol–water partition coefficient (Wildman–Crippen LogP) is 3.51. The van der Waals surface area contributed by atoms with Crippen LogP contribution in [-0.4, -0.2) is 45.7 Å². The monoisotopic (exact) mass is 498 g/mol. The summed E-state index contributed by atoms with van der Waals surface area (Å²) < 4.78 is 8.90. The number of anilines is 1. The Bertz CT molecular complexity index is 1330. The summed E-state index contributed by atoms with van der Waals surface area (Å²) in [6, 6.07) is 14.0. The number of pyridine rings is 1. The predicted molar refractivity (Wildman–Crippen MR) is 132 cm³/mol. The summed E-state index contributed by atoms with van der Waals surface area (Å²) in [4.78, 5) is 25.1. The molecule has 3 heterocycles. The second-order valence-corrected chi connectivity index (χ2v) is 9.04. The first-order valence-electron chi connectivity index (χ1n) is 10.5. The molecule has 3 aromatic heterocycles. The first kappa shape index (κ1) is 23.7. The van der Waals surface area contributed by atoms with Gasteiger partial charge < -0.3 is 15.4 Å². The Morgan fingerprint density at radius 3 is 2.85 bits per heavy atom. The van der Waals surface area contributed by atoms with Gasteiger partial charge in [0.15, 0.2) is 0 Å². The maximum atomic E-state index is 12.3. The lowest BCUT2D eigenvalue weighted by Crippen LogP contribution is -2.21. The van der Waals surface area contributed by atoms with Crippen LogP contribution in [0.1, 0.15) is 21.8 Å². The van der Waals surface area contributed by atoms with Crippen molar-refractivity contribution in [3.63, 3.8) is 0 Å². The molecule has 0 spiro atoms. The highest BCUT2D eigenvalue weighted by Crippen LogP contribution is 2.24. The average molecular weight is 499 g/mol. The molecule has 9 nitrogen and oxygen atoms in total. The maximum Gasteiger partial charge on any atom is 0.261 e. The molecule has 0 aliphatic rings. The van der Waals surface area contributed by atoms with Crippen molar-refractivity contribution in [1.29, 1.82) is 0 Å². The van der Waals surface area contributed by atoms with Gasteiger partial charge in [-0.15, -0.1) is 16.4 Å². The number of amides is 1. The van der Waals surface area contributed by atoms with Gasteiger partial charge in [-0.2, -0.15) is 0 Å². The van der Waals surface area contributed by atoms with Crippen LogP contribution < -0.4 is 16.2 Å². The van der Waals surface area contributed by atoms with Gasteiger partial charge in [-0.3, -0.25) is 14.2 Å². The summed E-state index contributed by atoms with van der Waals surface area (Å²) in [7, 11) is 1.66. The lowest BCUT2D eigenvalue weighted by atomic mass is 10.2. The molecule has 34 heavy (non-hydrogen) atoms. The number of ether oxygens (including phenoxy) is 1. The molecule has 0 aliphatic heterocycles. The number of hydrogen-bond donors (Lipinski definition) is 2. The van der Waals surface area contributed by atoms with Gasteiger partial charge in [-0.05, 0) is 42.8 Å². The molecule has 4 aromatic rings. The molecule has 0 atom stereocenters. The highest BCUT2D eigenvalue weighted by atomic mass is 35.5. The molecular weight excluding hydrogens is 476 g/mol. The highest BCUT2D eigenvalue weighted by molar-refractivity contribution is 7.17. The molecular formula is C23H23ClN6O3S. The summed E-state index contributed by atoms with van der Waals surface area (Å²) >= 11 is 7.12. The van der Waals surface area contributed by atoms with Crippen LogP contribution in [0, 0.1) is 0 Å². The van der Waals surface area contributed by atoms with Gasteiger partial charge in [0.25, 0.3) is 11.5 Å². The standard InChI is InChI=1S/C23H23ClN6O3S/c1-33-12-4-10-25-18-13-17(29-11-3-2-5-22(29)31)6-7-19(18)30-15-16(27-28-30)14-26-23(32)20-8-9-21(24)34-20/h2-3,5-9,11,13,15,25H,4,10,12,14H2,1H3,(H,26,32). The molecule has 176 valence electrons. The van der Waals surface area contributed by atoms with Crippen LogP contribution in [0.2, 0.25) is 4.34 Å². The van der Waals surface area contributed by atoms with E-state index in [2.05, 4.69) is 20.9 Å². The lowest BCUT2D eigenvalue weighted by Gasteiger charge is -2.14. The van der Waals surface area contributed by atoms with E-state index in [1.807, 2.05) is 24.3 Å². The zero-order valence-corrected chi connectivity index (χ0v) is 20.0. The number of aromatic nitrogens is 4. The molecule has 0 radical (unpaired) electrons. The molecule has 0 saturated heterocycles. The first-order chi connectivity index (χ1) is 16.5. The van der Waals surface area contributed by atoms with E-state index in [-0.39, 0.29) is 18.0 Å². The van der Waals surface area contributed by atoms with Gasteiger partial charge in [-0.1, -0.05) is 22.9 Å². The zero-order chi connectivity index (χ0) is 23.9. The van der Waals surface area contributed by atoms with Crippen molar-refractivity contribution in [2.45, 2.75) is 13.0 Å². The molecule has 0 saturated carbocycles. The van der Waals surface area contributed by atoms with E-state index in [1.54, 1.807) is 47.0 Å². The number of hydrogen-bond acceptors (Lipinski definition) is 7. The number of halogens is 1. The third-order valence-electron chi connectivity index (χ3n) is 4.94. The number of thiophene rings is 1. The van der Waals surface area contributed by atoms with E-state index in [9.17, 15) is 9.59 Å². The Morgan fingerprint density at radius 1 is 1.21 bits per heavy atom. The Morgan fingerprint density at radius 2 is 2.09 bits per heavy atom. The van der Waals surface area contributed by atoms with Crippen molar-refractivity contribution >= 4 is 34.5 Å². The number of rotatable bonds is 10. The largest absolute Gasteiger partial charge is 0.385 e. The van der Waals surface area contributed by atoms with Gasteiger partial charge in [0.05, 0.1) is 39.0 Å². The van der Waals surface area contributed by atoms with Crippen molar-refractivity contribution in [2.75, 3.05) is 25.6 Å². The maximum absolute atomic E-state index is 12.3. The van der Waals surface area contributed by atoms with Crippen LogP contribution in [-0.2, 0) is 11.3 Å². The molecule has 4 rings (SSSR count). The summed E-state index contributed by atoms with van der Waals surface area (Å²) in [5, 5.41) is 14.6. The van der Waals surface area contributed by atoms with Gasteiger partial charge >= 0.3 is 0 Å². The zero-order valence-electron chi connectivity index (χ0n) is 18.4. The lowest BCUT2D eigenvalue weighted by molar-refractivity contribution is 0.0954. The van der Waals surface area contributed by atoms with E-state index < -0.39 is 0 Å². The Kier molecular flexibility index (Phi) is 7.73. The normalized spacial score (nSPS) is 10.9. The Balaban J connectivity index is 1.55. The Hall–Kier alpha value is -3.47. The molecule has 0 bridgehead atoms. The molecule has 1 aromatic carbocycles. The van der Waals surface area contributed by atoms with Crippen LogP contribution in [0.4, 0.5) is 5.69 Å². The fourth-order valence-corrected chi connectivity index (χ4v) is 4.25. The van der Waals surface area contributed by atoms with Gasteiger partial charge in [-0.25, -0.2) is 4.68 Å². The molecule has 2 N–H and O–H groups in total. The van der Waals surface area contributed by atoms with Crippen LogP contribution >= 0.6 is 22.9 Å². The number of benzene rings is 1. The third kappa shape index (κ3) is 5.71. The topological polar surface area (TPSA) is 103 Å². The fraction of sp³-hybridized carbons (Fsp3) is 0.217.